The summed E-state index contributed by atoms with van der Waals surface area (Å²) >= 11 is 6.23. The smallest absolute Gasteiger partial charge is 0.0551 e. The van der Waals surface area contributed by atoms with Crippen molar-refractivity contribution in [1.29, 1.82) is 0 Å². The van der Waals surface area contributed by atoms with Crippen LogP contribution in [-0.2, 0) is 0 Å². The highest BCUT2D eigenvalue weighted by Gasteiger charge is 2.18. The van der Waals surface area contributed by atoms with Gasteiger partial charge in [0.15, 0.2) is 0 Å². The minimum atomic E-state index is 0.753. The molecule has 1 N–H and O–H groups in total. The Morgan fingerprint density at radius 3 is 2.00 bits per heavy atom. The topological polar surface area (TPSA) is 15.8 Å². The molecule has 0 amide bonds. The Morgan fingerprint density at radius 1 is 0.531 bits per heavy atom. The van der Waals surface area contributed by atoms with Crippen molar-refractivity contribution in [2.75, 3.05) is 0 Å². The number of aromatic nitrogens is 1. The molecule has 0 saturated heterocycles. The number of hydrogen-bond donors (Lipinski definition) is 1. The average molecular weight is 428 g/mol. The zero-order valence-electron chi connectivity index (χ0n) is 17.2. The summed E-state index contributed by atoms with van der Waals surface area (Å²) in [5.41, 5.74) is 4.78. The predicted octanol–water partition coefficient (Wildman–Crippen LogP) is 9.10. The summed E-state index contributed by atoms with van der Waals surface area (Å²) in [6.45, 7) is 0. The fourth-order valence-corrected chi connectivity index (χ4v) is 5.39. The van der Waals surface area contributed by atoms with E-state index in [4.69, 9.17) is 11.6 Å². The van der Waals surface area contributed by atoms with Crippen LogP contribution in [0.15, 0.2) is 103 Å². The summed E-state index contributed by atoms with van der Waals surface area (Å²) in [5.74, 6) is 0. The van der Waals surface area contributed by atoms with Gasteiger partial charge >= 0.3 is 0 Å². The normalized spacial score (nSPS) is 11.9. The van der Waals surface area contributed by atoms with Gasteiger partial charge in [0.2, 0.25) is 0 Å². The summed E-state index contributed by atoms with van der Waals surface area (Å²) < 4.78 is 0. The molecule has 0 saturated carbocycles. The Balaban J connectivity index is 1.86. The van der Waals surface area contributed by atoms with Crippen LogP contribution in [0.3, 0.4) is 0 Å². The second kappa shape index (κ2) is 6.59. The number of rotatable bonds is 1. The van der Waals surface area contributed by atoms with Crippen molar-refractivity contribution in [1.82, 2.24) is 4.98 Å². The van der Waals surface area contributed by atoms with Gasteiger partial charge in [-0.25, -0.2) is 0 Å². The molecule has 2 heteroatoms. The number of fused-ring (bicyclic) bond motifs is 10. The van der Waals surface area contributed by atoms with Gasteiger partial charge in [-0.3, -0.25) is 0 Å². The first kappa shape index (κ1) is 17.8. The number of halogens is 1. The highest BCUT2D eigenvalue weighted by Crippen LogP contribution is 2.45. The Hall–Kier alpha value is -3.81. The minimum absolute atomic E-state index is 0.753. The molecule has 0 spiro atoms. The molecule has 6 aromatic carbocycles. The van der Waals surface area contributed by atoms with E-state index in [9.17, 15) is 0 Å². The van der Waals surface area contributed by atoms with Crippen molar-refractivity contribution >= 4 is 65.7 Å². The van der Waals surface area contributed by atoms with Crippen molar-refractivity contribution in [3.05, 3.63) is 108 Å². The standard InChI is InChI=1S/C30H18ClN/c31-20-15-13-18(14-16-20)25-17-19-7-1-2-8-21(19)28-27(25)22-9-3-4-10-23(22)30-29(28)24-11-5-6-12-26(24)32-30/h1-17,32H. The highest BCUT2D eigenvalue weighted by molar-refractivity contribution is 6.38. The van der Waals surface area contributed by atoms with E-state index in [1.807, 2.05) is 12.1 Å². The quantitative estimate of drug-likeness (QED) is 0.251. The van der Waals surface area contributed by atoms with Gasteiger partial charge in [-0.1, -0.05) is 90.5 Å². The molecule has 0 unspecified atom stereocenters. The van der Waals surface area contributed by atoms with E-state index in [2.05, 4.69) is 96.0 Å². The maximum absolute atomic E-state index is 6.23. The first-order valence-corrected chi connectivity index (χ1v) is 11.2. The van der Waals surface area contributed by atoms with Crippen LogP contribution in [0.25, 0.3) is 65.3 Å². The molecular weight excluding hydrogens is 410 g/mol. The van der Waals surface area contributed by atoms with E-state index in [1.165, 1.54) is 65.3 Å². The van der Waals surface area contributed by atoms with Gasteiger partial charge in [0, 0.05) is 32.1 Å². The van der Waals surface area contributed by atoms with E-state index < -0.39 is 0 Å². The number of para-hydroxylation sites is 1. The largest absolute Gasteiger partial charge is 0.354 e. The Kier molecular flexibility index (Phi) is 3.67. The molecule has 7 aromatic rings. The van der Waals surface area contributed by atoms with Crippen LogP contribution in [0, 0.1) is 0 Å². The maximum Gasteiger partial charge on any atom is 0.0551 e. The molecular formula is C30H18ClN. The van der Waals surface area contributed by atoms with Gasteiger partial charge in [0.05, 0.1) is 5.52 Å². The molecule has 0 radical (unpaired) electrons. The molecule has 0 atom stereocenters. The molecule has 0 fully saturated rings. The molecule has 7 rings (SSSR count). The van der Waals surface area contributed by atoms with Crippen LogP contribution >= 0.6 is 11.6 Å². The lowest BCUT2D eigenvalue weighted by atomic mass is 9.87. The summed E-state index contributed by atoms with van der Waals surface area (Å²) in [6, 6.07) is 36.6. The third-order valence-electron chi connectivity index (χ3n) is 6.63. The molecule has 0 aliphatic carbocycles. The van der Waals surface area contributed by atoms with E-state index in [0.29, 0.717) is 0 Å². The first-order valence-electron chi connectivity index (χ1n) is 10.8. The molecule has 1 nitrogen and oxygen atoms in total. The number of benzene rings is 6. The van der Waals surface area contributed by atoms with Gasteiger partial charge < -0.3 is 4.98 Å². The maximum atomic E-state index is 6.23. The van der Waals surface area contributed by atoms with Gasteiger partial charge in [-0.05, 0) is 56.9 Å². The SMILES string of the molecule is Clc1ccc(-c2cc3ccccc3c3c2c2ccccc2c2[nH]c4ccccc4c23)cc1. The molecule has 0 bridgehead atoms. The van der Waals surface area contributed by atoms with Crippen LogP contribution in [0.4, 0.5) is 0 Å². The summed E-state index contributed by atoms with van der Waals surface area (Å²) in [4.78, 5) is 3.73. The molecule has 32 heavy (non-hydrogen) atoms. The zero-order valence-corrected chi connectivity index (χ0v) is 17.9. The Morgan fingerprint density at radius 2 is 1.19 bits per heavy atom. The van der Waals surface area contributed by atoms with Gasteiger partial charge in [-0.15, -0.1) is 0 Å². The van der Waals surface area contributed by atoms with E-state index in [-0.39, 0.29) is 0 Å². The molecule has 0 aliphatic heterocycles. The first-order chi connectivity index (χ1) is 15.8. The second-order valence-electron chi connectivity index (χ2n) is 8.37. The fourth-order valence-electron chi connectivity index (χ4n) is 5.27. The van der Waals surface area contributed by atoms with Crippen LogP contribution in [0.5, 0.6) is 0 Å². The van der Waals surface area contributed by atoms with Crippen molar-refractivity contribution in [2.45, 2.75) is 0 Å². The van der Waals surface area contributed by atoms with E-state index >= 15 is 0 Å². The monoisotopic (exact) mass is 427 g/mol. The number of aromatic amines is 1. The lowest BCUT2D eigenvalue weighted by Crippen LogP contribution is -1.88. The van der Waals surface area contributed by atoms with Crippen molar-refractivity contribution in [2.24, 2.45) is 0 Å². The van der Waals surface area contributed by atoms with Crippen molar-refractivity contribution in [3.8, 4) is 11.1 Å². The summed E-state index contributed by atoms with van der Waals surface area (Å²) in [7, 11) is 0. The zero-order chi connectivity index (χ0) is 21.2. The van der Waals surface area contributed by atoms with E-state index in [0.717, 1.165) is 5.02 Å². The Labute approximate surface area is 189 Å². The summed E-state index contributed by atoms with van der Waals surface area (Å²) in [5, 5.41) is 10.9. The number of nitrogens with one attached hydrogen (secondary N) is 1. The van der Waals surface area contributed by atoms with Crippen LogP contribution in [0.1, 0.15) is 0 Å². The van der Waals surface area contributed by atoms with Crippen molar-refractivity contribution in [3.63, 3.8) is 0 Å². The molecule has 1 heterocycles. The lowest BCUT2D eigenvalue weighted by molar-refractivity contribution is 1.56. The minimum Gasteiger partial charge on any atom is -0.354 e. The fraction of sp³-hybridized carbons (Fsp3) is 0. The average Bonchev–Trinajstić information content (AvgIpc) is 3.24. The highest BCUT2D eigenvalue weighted by atomic mass is 35.5. The van der Waals surface area contributed by atoms with Gasteiger partial charge in [-0.2, -0.15) is 0 Å². The third kappa shape index (κ3) is 2.40. The van der Waals surface area contributed by atoms with Crippen molar-refractivity contribution < 1.29 is 0 Å². The predicted molar refractivity (Wildman–Crippen MR) is 139 cm³/mol. The number of hydrogen-bond acceptors (Lipinski definition) is 0. The second-order valence-corrected chi connectivity index (χ2v) is 8.80. The van der Waals surface area contributed by atoms with Crippen LogP contribution < -0.4 is 0 Å². The summed E-state index contributed by atoms with van der Waals surface area (Å²) in [6.07, 6.45) is 0. The lowest BCUT2D eigenvalue weighted by Gasteiger charge is -2.16. The third-order valence-corrected chi connectivity index (χ3v) is 6.88. The van der Waals surface area contributed by atoms with Gasteiger partial charge in [0.1, 0.15) is 0 Å². The van der Waals surface area contributed by atoms with E-state index in [1.54, 1.807) is 0 Å². The van der Waals surface area contributed by atoms with Crippen LogP contribution in [0.2, 0.25) is 5.02 Å². The molecule has 150 valence electrons. The van der Waals surface area contributed by atoms with Gasteiger partial charge in [0.25, 0.3) is 0 Å². The molecule has 0 aliphatic rings. The molecule has 1 aromatic heterocycles. The Bertz CT molecular complexity index is 1820. The van der Waals surface area contributed by atoms with Crippen LogP contribution in [-0.4, -0.2) is 4.98 Å². The number of H-pyrrole nitrogens is 1.